The molecule has 0 bridgehead atoms. The highest BCUT2D eigenvalue weighted by Gasteiger charge is 2.40. The number of aromatic nitrogens is 2. The van der Waals surface area contributed by atoms with E-state index in [9.17, 15) is 9.59 Å². The number of nitrogens with one attached hydrogen (secondary N) is 1. The van der Waals surface area contributed by atoms with Gasteiger partial charge in [-0.3, -0.25) is 14.3 Å². The molecule has 2 atom stereocenters. The van der Waals surface area contributed by atoms with Crippen LogP contribution in [0.2, 0.25) is 0 Å². The van der Waals surface area contributed by atoms with Crippen LogP contribution in [-0.2, 0) is 11.3 Å². The number of likely N-dealkylation sites (N-methyl/N-ethyl adjacent to an activating group) is 1. The molecule has 2 aromatic rings. The van der Waals surface area contributed by atoms with E-state index in [0.29, 0.717) is 18.0 Å². The van der Waals surface area contributed by atoms with E-state index in [0.717, 1.165) is 56.6 Å². The van der Waals surface area contributed by atoms with Crippen LogP contribution in [0.15, 0.2) is 36.5 Å². The first-order chi connectivity index (χ1) is 15.4. The summed E-state index contributed by atoms with van der Waals surface area (Å²) in [5, 5.41) is 7.56. The van der Waals surface area contributed by atoms with Crippen LogP contribution in [-0.4, -0.2) is 71.2 Å². The van der Waals surface area contributed by atoms with Crippen LogP contribution >= 0.6 is 0 Å². The Labute approximate surface area is 190 Å². The van der Waals surface area contributed by atoms with Crippen molar-refractivity contribution in [3.8, 4) is 0 Å². The van der Waals surface area contributed by atoms with Gasteiger partial charge in [0.05, 0.1) is 24.2 Å². The van der Waals surface area contributed by atoms with Crippen LogP contribution in [0.25, 0.3) is 0 Å². The number of likely N-dealkylation sites (tertiary alicyclic amines) is 1. The third-order valence-corrected chi connectivity index (χ3v) is 6.69. The molecule has 0 radical (unpaired) electrons. The highest BCUT2D eigenvalue weighted by atomic mass is 16.2. The molecule has 172 valence electrons. The molecule has 1 saturated heterocycles. The SMILES string of the molecule is Cc1c(C(=O)NC2CCCN(C(=O)C(c3ccccc3)C3CC3)C2)cnn1CCN(C)C. The summed E-state index contributed by atoms with van der Waals surface area (Å²) in [5.41, 5.74) is 2.62. The topological polar surface area (TPSA) is 70.5 Å². The quantitative estimate of drug-likeness (QED) is 0.689. The highest BCUT2D eigenvalue weighted by molar-refractivity contribution is 5.95. The molecule has 7 heteroatoms. The Morgan fingerprint density at radius 2 is 1.94 bits per heavy atom. The highest BCUT2D eigenvalue weighted by Crippen LogP contribution is 2.43. The minimum atomic E-state index is -0.0975. The van der Waals surface area contributed by atoms with Gasteiger partial charge in [-0.15, -0.1) is 0 Å². The van der Waals surface area contributed by atoms with Crippen LogP contribution in [0, 0.1) is 12.8 Å². The molecule has 1 N–H and O–H groups in total. The first-order valence-corrected chi connectivity index (χ1v) is 11.8. The summed E-state index contributed by atoms with van der Waals surface area (Å²) < 4.78 is 1.88. The summed E-state index contributed by atoms with van der Waals surface area (Å²) in [6.45, 7) is 4.90. The fourth-order valence-electron chi connectivity index (χ4n) is 4.65. The van der Waals surface area contributed by atoms with Gasteiger partial charge in [0, 0.05) is 31.4 Å². The van der Waals surface area contributed by atoms with Gasteiger partial charge in [0.2, 0.25) is 5.91 Å². The molecular weight excluding hydrogens is 402 g/mol. The lowest BCUT2D eigenvalue weighted by Crippen LogP contribution is -2.51. The summed E-state index contributed by atoms with van der Waals surface area (Å²) in [6, 6.07) is 10.1. The van der Waals surface area contributed by atoms with Crippen molar-refractivity contribution < 1.29 is 9.59 Å². The van der Waals surface area contributed by atoms with E-state index in [4.69, 9.17) is 0 Å². The first kappa shape index (κ1) is 22.5. The first-order valence-electron chi connectivity index (χ1n) is 11.8. The molecule has 1 aromatic carbocycles. The van der Waals surface area contributed by atoms with Gasteiger partial charge in [-0.05, 0) is 58.2 Å². The Morgan fingerprint density at radius 1 is 1.19 bits per heavy atom. The van der Waals surface area contributed by atoms with Crippen molar-refractivity contribution >= 4 is 11.8 Å². The van der Waals surface area contributed by atoms with Gasteiger partial charge in [0.1, 0.15) is 0 Å². The minimum absolute atomic E-state index is 0.0275. The largest absolute Gasteiger partial charge is 0.347 e. The predicted octanol–water partition coefficient (Wildman–Crippen LogP) is 2.67. The van der Waals surface area contributed by atoms with Crippen LogP contribution in [0.3, 0.4) is 0 Å². The zero-order chi connectivity index (χ0) is 22.7. The van der Waals surface area contributed by atoms with Crippen LogP contribution in [0.5, 0.6) is 0 Å². The monoisotopic (exact) mass is 437 g/mol. The number of hydrogen-bond acceptors (Lipinski definition) is 4. The molecule has 2 heterocycles. The van der Waals surface area contributed by atoms with E-state index in [1.54, 1.807) is 6.20 Å². The van der Waals surface area contributed by atoms with Gasteiger partial charge in [-0.2, -0.15) is 5.10 Å². The van der Waals surface area contributed by atoms with Crippen molar-refractivity contribution in [1.82, 2.24) is 24.9 Å². The van der Waals surface area contributed by atoms with Gasteiger partial charge in [0.25, 0.3) is 5.91 Å². The Balaban J connectivity index is 1.39. The summed E-state index contributed by atoms with van der Waals surface area (Å²) in [4.78, 5) is 30.5. The second-order valence-corrected chi connectivity index (χ2v) is 9.49. The van der Waals surface area contributed by atoms with Crippen molar-refractivity contribution in [2.24, 2.45) is 5.92 Å². The van der Waals surface area contributed by atoms with Crippen molar-refractivity contribution in [2.75, 3.05) is 33.7 Å². The molecule has 4 rings (SSSR count). The van der Waals surface area contributed by atoms with Crippen LogP contribution < -0.4 is 5.32 Å². The summed E-state index contributed by atoms with van der Waals surface area (Å²) in [6.07, 6.45) is 5.70. The summed E-state index contributed by atoms with van der Waals surface area (Å²) >= 11 is 0. The Hall–Kier alpha value is -2.67. The van der Waals surface area contributed by atoms with E-state index >= 15 is 0 Å². The molecule has 32 heavy (non-hydrogen) atoms. The lowest BCUT2D eigenvalue weighted by atomic mass is 9.91. The number of piperidine rings is 1. The van der Waals surface area contributed by atoms with Gasteiger partial charge in [0.15, 0.2) is 0 Å². The lowest BCUT2D eigenvalue weighted by Gasteiger charge is -2.35. The van der Waals surface area contributed by atoms with Crippen LogP contribution in [0.1, 0.15) is 53.2 Å². The number of amides is 2. The van der Waals surface area contributed by atoms with Crippen LogP contribution in [0.4, 0.5) is 0 Å². The minimum Gasteiger partial charge on any atom is -0.347 e. The average molecular weight is 438 g/mol. The molecule has 2 unspecified atom stereocenters. The smallest absolute Gasteiger partial charge is 0.255 e. The molecule has 2 fully saturated rings. The molecule has 7 nitrogen and oxygen atoms in total. The predicted molar refractivity (Wildman–Crippen MR) is 124 cm³/mol. The maximum Gasteiger partial charge on any atom is 0.255 e. The Bertz CT molecular complexity index is 935. The van der Waals surface area contributed by atoms with E-state index in [1.165, 1.54) is 0 Å². The summed E-state index contributed by atoms with van der Waals surface area (Å²) in [7, 11) is 4.04. The molecule has 1 saturated carbocycles. The van der Waals surface area contributed by atoms with Crippen molar-refractivity contribution in [2.45, 2.75) is 51.1 Å². The average Bonchev–Trinajstić information content (AvgIpc) is 3.54. The third kappa shape index (κ3) is 5.21. The Kier molecular flexibility index (Phi) is 6.94. The van der Waals surface area contributed by atoms with Crippen molar-refractivity contribution in [1.29, 1.82) is 0 Å². The molecular formula is C25H35N5O2. The Morgan fingerprint density at radius 3 is 2.62 bits per heavy atom. The van der Waals surface area contributed by atoms with Gasteiger partial charge in [-0.1, -0.05) is 30.3 Å². The van der Waals surface area contributed by atoms with Gasteiger partial charge >= 0.3 is 0 Å². The molecule has 1 aliphatic heterocycles. The number of benzene rings is 1. The number of hydrogen-bond donors (Lipinski definition) is 1. The zero-order valence-electron chi connectivity index (χ0n) is 19.5. The number of rotatable bonds is 8. The number of carbonyl (C=O) groups excluding carboxylic acids is 2. The second kappa shape index (κ2) is 9.86. The van der Waals surface area contributed by atoms with E-state index in [1.807, 2.05) is 48.8 Å². The standard InChI is InChI=1S/C25H35N5O2/c1-18-22(16-26-30(18)15-14-28(2)3)24(31)27-21-10-7-13-29(17-21)25(32)23(20-11-12-20)19-8-5-4-6-9-19/h4-6,8-9,16,20-21,23H,7,10-15,17H2,1-3H3,(H,27,31). The van der Waals surface area contributed by atoms with E-state index < -0.39 is 0 Å². The molecule has 2 amide bonds. The fourth-order valence-corrected chi connectivity index (χ4v) is 4.65. The zero-order valence-corrected chi connectivity index (χ0v) is 19.5. The van der Waals surface area contributed by atoms with Crippen molar-refractivity contribution in [3.05, 3.63) is 53.3 Å². The molecule has 1 aliphatic carbocycles. The maximum atomic E-state index is 13.5. The van der Waals surface area contributed by atoms with Crippen molar-refractivity contribution in [3.63, 3.8) is 0 Å². The molecule has 0 spiro atoms. The van der Waals surface area contributed by atoms with E-state index in [-0.39, 0.29) is 23.8 Å². The van der Waals surface area contributed by atoms with E-state index in [2.05, 4.69) is 27.4 Å². The number of nitrogens with zero attached hydrogens (tertiary/aromatic N) is 4. The maximum absolute atomic E-state index is 13.5. The number of carbonyl (C=O) groups is 2. The lowest BCUT2D eigenvalue weighted by molar-refractivity contribution is -0.134. The van der Waals surface area contributed by atoms with Gasteiger partial charge in [-0.25, -0.2) is 0 Å². The fraction of sp³-hybridized carbons (Fsp3) is 0.560. The van der Waals surface area contributed by atoms with Gasteiger partial charge < -0.3 is 15.1 Å². The third-order valence-electron chi connectivity index (χ3n) is 6.69. The summed E-state index contributed by atoms with van der Waals surface area (Å²) in [5.74, 6) is 0.517. The molecule has 2 aliphatic rings. The molecule has 1 aromatic heterocycles. The normalized spacial score (nSPS) is 19.8. The second-order valence-electron chi connectivity index (χ2n) is 9.49.